The molecule has 172 valence electrons. The molecule has 0 spiro atoms. The monoisotopic (exact) mass is 451 g/mol. The maximum Gasteiger partial charge on any atom is 0.255 e. The number of carbonyl (C=O) groups excluding carboxylic acids is 2. The first-order valence-electron chi connectivity index (χ1n) is 10.6. The lowest BCUT2D eigenvalue weighted by Crippen LogP contribution is -2.41. The van der Waals surface area contributed by atoms with Gasteiger partial charge in [0, 0.05) is 29.9 Å². The highest BCUT2D eigenvalue weighted by Gasteiger charge is 2.26. The van der Waals surface area contributed by atoms with Gasteiger partial charge in [0.15, 0.2) is 0 Å². The van der Waals surface area contributed by atoms with Crippen molar-refractivity contribution in [3.8, 4) is 0 Å². The molecule has 3 aromatic carbocycles. The van der Waals surface area contributed by atoms with Crippen LogP contribution in [-0.4, -0.2) is 29.8 Å². The highest BCUT2D eigenvalue weighted by molar-refractivity contribution is 6.04. The molecule has 0 aliphatic carbocycles. The third-order valence-corrected chi connectivity index (χ3v) is 5.26. The number of nitrogens with one attached hydrogen (secondary N) is 1. The lowest BCUT2D eigenvalue weighted by atomic mass is 9.92. The topological polar surface area (TPSA) is 75.4 Å². The summed E-state index contributed by atoms with van der Waals surface area (Å²) in [5, 5.41) is 2.83. The smallest absolute Gasteiger partial charge is 0.255 e. The number of benzene rings is 3. The summed E-state index contributed by atoms with van der Waals surface area (Å²) in [6, 6.07) is 17.9. The molecule has 3 rings (SSSR count). The van der Waals surface area contributed by atoms with E-state index in [2.05, 4.69) is 5.32 Å². The molecule has 2 amide bonds. The second kappa shape index (κ2) is 10.4. The molecule has 3 aromatic rings. The van der Waals surface area contributed by atoms with Crippen molar-refractivity contribution in [1.82, 2.24) is 4.90 Å². The molecule has 0 aliphatic rings. The summed E-state index contributed by atoms with van der Waals surface area (Å²) < 4.78 is 26.9. The van der Waals surface area contributed by atoms with Gasteiger partial charge in [-0.1, -0.05) is 38.1 Å². The molecule has 5 nitrogen and oxygen atoms in total. The minimum atomic E-state index is -0.495. The molecule has 0 radical (unpaired) electrons. The van der Waals surface area contributed by atoms with Crippen molar-refractivity contribution >= 4 is 17.5 Å². The van der Waals surface area contributed by atoms with Gasteiger partial charge >= 0.3 is 0 Å². The van der Waals surface area contributed by atoms with Crippen LogP contribution in [0.2, 0.25) is 0 Å². The highest BCUT2D eigenvalue weighted by atomic mass is 19.1. The fourth-order valence-electron chi connectivity index (χ4n) is 3.37. The molecule has 33 heavy (non-hydrogen) atoms. The van der Waals surface area contributed by atoms with Crippen molar-refractivity contribution in [2.75, 3.05) is 18.4 Å². The second-order valence-electron chi connectivity index (χ2n) is 8.66. The number of hydrogen-bond donors (Lipinski definition) is 2. The maximum atomic E-state index is 13.8. The first-order valence-corrected chi connectivity index (χ1v) is 10.6. The van der Waals surface area contributed by atoms with Crippen LogP contribution in [0.15, 0.2) is 72.8 Å². The molecule has 0 aliphatic heterocycles. The molecular formula is C26H27F2N3O2. The number of para-hydroxylation sites is 1. The van der Waals surface area contributed by atoms with E-state index in [9.17, 15) is 18.4 Å². The molecule has 3 N–H and O–H groups in total. The van der Waals surface area contributed by atoms with Crippen molar-refractivity contribution in [2.24, 2.45) is 11.1 Å². The number of nitrogens with two attached hydrogens (primary N) is 1. The van der Waals surface area contributed by atoms with Gasteiger partial charge in [-0.15, -0.1) is 0 Å². The Morgan fingerprint density at radius 3 is 2.27 bits per heavy atom. The zero-order chi connectivity index (χ0) is 24.0. The van der Waals surface area contributed by atoms with Crippen molar-refractivity contribution in [2.45, 2.75) is 20.4 Å². The fourth-order valence-corrected chi connectivity index (χ4v) is 3.37. The summed E-state index contributed by atoms with van der Waals surface area (Å²) in [5.74, 6) is -1.66. The number of hydrogen-bond acceptors (Lipinski definition) is 3. The number of carbonyl (C=O) groups is 2. The van der Waals surface area contributed by atoms with Crippen LogP contribution in [0.25, 0.3) is 0 Å². The van der Waals surface area contributed by atoms with Crippen LogP contribution in [-0.2, 0) is 6.54 Å². The zero-order valence-corrected chi connectivity index (χ0v) is 18.6. The molecule has 0 saturated carbocycles. The van der Waals surface area contributed by atoms with Crippen LogP contribution < -0.4 is 11.1 Å². The Hall–Kier alpha value is -3.58. The third kappa shape index (κ3) is 6.46. The molecule has 0 unspecified atom stereocenters. The number of nitrogens with zero attached hydrogens (tertiary/aromatic N) is 1. The van der Waals surface area contributed by atoms with E-state index in [4.69, 9.17) is 5.73 Å². The van der Waals surface area contributed by atoms with Gasteiger partial charge in [0.2, 0.25) is 0 Å². The van der Waals surface area contributed by atoms with Crippen LogP contribution in [0.1, 0.15) is 40.1 Å². The molecular weight excluding hydrogens is 424 g/mol. The van der Waals surface area contributed by atoms with Gasteiger partial charge in [0.05, 0.1) is 0 Å². The minimum Gasteiger partial charge on any atom is -0.334 e. The lowest BCUT2D eigenvalue weighted by Gasteiger charge is -2.32. The Bertz CT molecular complexity index is 1130. The van der Waals surface area contributed by atoms with Gasteiger partial charge in [-0.2, -0.15) is 0 Å². The first kappa shape index (κ1) is 24.1. The van der Waals surface area contributed by atoms with E-state index in [0.717, 1.165) is 0 Å². The van der Waals surface area contributed by atoms with E-state index in [1.54, 1.807) is 23.1 Å². The van der Waals surface area contributed by atoms with Crippen molar-refractivity contribution in [3.63, 3.8) is 0 Å². The summed E-state index contributed by atoms with van der Waals surface area (Å²) in [6.45, 7) is 4.75. The molecule has 0 fully saturated rings. The van der Waals surface area contributed by atoms with Gasteiger partial charge in [0.25, 0.3) is 11.8 Å². The van der Waals surface area contributed by atoms with Gasteiger partial charge in [-0.05, 0) is 66.1 Å². The Labute approximate surface area is 192 Å². The second-order valence-corrected chi connectivity index (χ2v) is 8.66. The van der Waals surface area contributed by atoms with Crippen LogP contribution in [0, 0.1) is 17.0 Å². The summed E-state index contributed by atoms with van der Waals surface area (Å²) in [6.07, 6.45) is 0. The summed E-state index contributed by atoms with van der Waals surface area (Å²) in [5.41, 5.74) is 7.28. The highest BCUT2D eigenvalue weighted by Crippen LogP contribution is 2.23. The van der Waals surface area contributed by atoms with E-state index in [0.29, 0.717) is 29.9 Å². The van der Waals surface area contributed by atoms with Crippen LogP contribution in [0.4, 0.5) is 14.5 Å². The van der Waals surface area contributed by atoms with Gasteiger partial charge in [-0.25, -0.2) is 8.78 Å². The van der Waals surface area contributed by atoms with Crippen LogP contribution >= 0.6 is 0 Å². The normalized spacial score (nSPS) is 11.2. The lowest BCUT2D eigenvalue weighted by molar-refractivity contribution is 0.0673. The molecule has 0 bridgehead atoms. The number of amides is 2. The predicted octanol–water partition coefficient (Wildman–Crippen LogP) is 4.84. The van der Waals surface area contributed by atoms with Crippen molar-refractivity contribution in [3.05, 3.63) is 101 Å². The van der Waals surface area contributed by atoms with Crippen LogP contribution in [0.5, 0.6) is 0 Å². The standard InChI is InChI=1S/C26H27F2N3O2/c1-26(2,16-29)17-31(25(33)19-7-5-8-22(28)14-19)15-20-6-3-4-9-23(20)30-24(32)18-10-12-21(27)13-11-18/h3-14H,15-17,29H2,1-2H3,(H,30,32). The Kier molecular flexibility index (Phi) is 7.55. The molecule has 7 heteroatoms. The van der Waals surface area contributed by atoms with Crippen molar-refractivity contribution in [1.29, 1.82) is 0 Å². The zero-order valence-electron chi connectivity index (χ0n) is 18.6. The van der Waals surface area contributed by atoms with Gasteiger partial charge in [-0.3, -0.25) is 9.59 Å². The molecule has 0 saturated heterocycles. The maximum absolute atomic E-state index is 13.8. The number of anilines is 1. The third-order valence-electron chi connectivity index (χ3n) is 5.26. The summed E-state index contributed by atoms with van der Waals surface area (Å²) in [7, 11) is 0. The van der Waals surface area contributed by atoms with Gasteiger partial charge in [0.1, 0.15) is 11.6 Å². The fraction of sp³-hybridized carbons (Fsp3) is 0.231. The molecule has 0 heterocycles. The number of halogens is 2. The SMILES string of the molecule is CC(C)(CN)CN(Cc1ccccc1NC(=O)c1ccc(F)cc1)C(=O)c1cccc(F)c1. The van der Waals surface area contributed by atoms with E-state index < -0.39 is 17.5 Å². The predicted molar refractivity (Wildman–Crippen MR) is 125 cm³/mol. The largest absolute Gasteiger partial charge is 0.334 e. The molecule has 0 aromatic heterocycles. The Morgan fingerprint density at radius 2 is 1.61 bits per heavy atom. The minimum absolute atomic E-state index is 0.179. The average Bonchev–Trinajstić information content (AvgIpc) is 2.79. The quantitative estimate of drug-likeness (QED) is 0.514. The Morgan fingerprint density at radius 1 is 0.909 bits per heavy atom. The first-order chi connectivity index (χ1) is 15.7. The molecule has 0 atom stereocenters. The van der Waals surface area contributed by atoms with Crippen molar-refractivity contribution < 1.29 is 18.4 Å². The summed E-state index contributed by atoms with van der Waals surface area (Å²) in [4.78, 5) is 27.5. The van der Waals surface area contributed by atoms with Gasteiger partial charge < -0.3 is 16.0 Å². The summed E-state index contributed by atoms with van der Waals surface area (Å²) >= 11 is 0. The van der Waals surface area contributed by atoms with E-state index >= 15 is 0 Å². The average molecular weight is 452 g/mol. The number of rotatable bonds is 8. The van der Waals surface area contributed by atoms with E-state index in [1.165, 1.54) is 42.5 Å². The van der Waals surface area contributed by atoms with E-state index in [-0.39, 0.29) is 23.4 Å². The van der Waals surface area contributed by atoms with E-state index in [1.807, 2.05) is 26.0 Å². The Balaban J connectivity index is 1.88. The van der Waals surface area contributed by atoms with Crippen LogP contribution in [0.3, 0.4) is 0 Å².